The second-order valence-electron chi connectivity index (χ2n) is 7.15. The van der Waals surface area contributed by atoms with Crippen molar-refractivity contribution in [2.24, 2.45) is 4.99 Å². The first-order valence-corrected chi connectivity index (χ1v) is 9.41. The predicted molar refractivity (Wildman–Crippen MR) is 113 cm³/mol. The van der Waals surface area contributed by atoms with Gasteiger partial charge >= 0.3 is 6.03 Å². The van der Waals surface area contributed by atoms with Gasteiger partial charge in [-0.25, -0.2) is 4.79 Å². The molecule has 1 aliphatic heterocycles. The Morgan fingerprint density at radius 3 is 2.50 bits per heavy atom. The summed E-state index contributed by atoms with van der Waals surface area (Å²) in [6.45, 7) is 7.90. The van der Waals surface area contributed by atoms with Gasteiger partial charge in [0.25, 0.3) is 0 Å². The first-order valence-electron chi connectivity index (χ1n) is 9.03. The molecule has 3 rings (SSSR count). The molecule has 5 nitrogen and oxygen atoms in total. The monoisotopic (exact) mass is 397 g/mol. The second kappa shape index (κ2) is 8.17. The van der Waals surface area contributed by atoms with Crippen LogP contribution in [0.4, 0.5) is 4.79 Å². The van der Waals surface area contributed by atoms with Crippen LogP contribution in [0.1, 0.15) is 31.1 Å². The van der Waals surface area contributed by atoms with Gasteiger partial charge in [0.1, 0.15) is 11.8 Å². The number of carbonyl (C=O) groups excluding carboxylic acids is 1. The van der Waals surface area contributed by atoms with Crippen molar-refractivity contribution < 1.29 is 9.53 Å². The van der Waals surface area contributed by atoms with Crippen molar-refractivity contribution in [1.82, 2.24) is 9.80 Å². The van der Waals surface area contributed by atoms with E-state index in [0.717, 1.165) is 11.1 Å². The van der Waals surface area contributed by atoms with E-state index in [2.05, 4.69) is 11.7 Å². The zero-order chi connectivity index (χ0) is 20.3. The summed E-state index contributed by atoms with van der Waals surface area (Å²) >= 11 is 5.95. The number of ether oxygens (including phenoxy) is 1. The van der Waals surface area contributed by atoms with Gasteiger partial charge in [0, 0.05) is 23.8 Å². The molecule has 0 aromatic heterocycles. The van der Waals surface area contributed by atoms with Crippen LogP contribution in [0.2, 0.25) is 5.02 Å². The van der Waals surface area contributed by atoms with E-state index in [1.807, 2.05) is 56.3 Å². The molecular weight excluding hydrogens is 374 g/mol. The molecule has 1 atom stereocenters. The lowest BCUT2D eigenvalue weighted by Crippen LogP contribution is -2.47. The largest absolute Gasteiger partial charge is 0.346 e. The molecule has 2 amide bonds. The number of aliphatic imine (C=N–C) groups is 1. The van der Waals surface area contributed by atoms with Crippen LogP contribution < -0.4 is 0 Å². The number of carbonyl (C=O) groups is 1. The van der Waals surface area contributed by atoms with Gasteiger partial charge in [-0.1, -0.05) is 54.1 Å². The van der Waals surface area contributed by atoms with E-state index in [0.29, 0.717) is 17.3 Å². The van der Waals surface area contributed by atoms with Gasteiger partial charge in [-0.05, 0) is 38.3 Å². The molecule has 1 fully saturated rings. The summed E-state index contributed by atoms with van der Waals surface area (Å²) < 4.78 is 6.16. The van der Waals surface area contributed by atoms with E-state index in [4.69, 9.17) is 16.3 Å². The Morgan fingerprint density at radius 1 is 1.25 bits per heavy atom. The molecule has 28 heavy (non-hydrogen) atoms. The van der Waals surface area contributed by atoms with Crippen molar-refractivity contribution in [3.63, 3.8) is 0 Å². The molecule has 0 bridgehead atoms. The van der Waals surface area contributed by atoms with Crippen LogP contribution in [0.15, 0.2) is 65.8 Å². The highest BCUT2D eigenvalue weighted by Crippen LogP contribution is 2.36. The van der Waals surface area contributed by atoms with Gasteiger partial charge in [0.15, 0.2) is 0 Å². The van der Waals surface area contributed by atoms with Crippen molar-refractivity contribution >= 4 is 30.0 Å². The molecule has 0 aliphatic carbocycles. The predicted octanol–water partition coefficient (Wildman–Crippen LogP) is 5.20. The third kappa shape index (κ3) is 4.26. The Hall–Kier alpha value is -2.63. The second-order valence-corrected chi connectivity index (χ2v) is 7.58. The fraction of sp³-hybridized carbons (Fsp3) is 0.273. The van der Waals surface area contributed by atoms with Gasteiger partial charge in [-0.3, -0.25) is 9.89 Å². The molecule has 0 spiro atoms. The minimum Gasteiger partial charge on any atom is -0.346 e. The fourth-order valence-corrected chi connectivity index (χ4v) is 3.37. The highest BCUT2D eigenvalue weighted by atomic mass is 35.5. The first-order chi connectivity index (χ1) is 13.3. The van der Waals surface area contributed by atoms with E-state index < -0.39 is 5.72 Å². The first kappa shape index (κ1) is 20.1. The lowest BCUT2D eigenvalue weighted by Gasteiger charge is -2.32. The molecule has 1 heterocycles. The molecule has 1 saturated heterocycles. The van der Waals surface area contributed by atoms with E-state index >= 15 is 0 Å². The minimum atomic E-state index is -0.721. The number of amides is 2. The number of urea groups is 1. The van der Waals surface area contributed by atoms with Crippen molar-refractivity contribution in [3.8, 4) is 0 Å². The van der Waals surface area contributed by atoms with E-state index in [-0.39, 0.29) is 12.1 Å². The van der Waals surface area contributed by atoms with Crippen LogP contribution in [0.3, 0.4) is 0 Å². The molecule has 1 aliphatic rings. The smallest absolute Gasteiger partial charge is 0.326 e. The normalized spacial score (nSPS) is 18.8. The van der Waals surface area contributed by atoms with Crippen LogP contribution in [0.5, 0.6) is 0 Å². The van der Waals surface area contributed by atoms with Crippen LogP contribution >= 0.6 is 11.6 Å². The third-order valence-corrected chi connectivity index (χ3v) is 5.01. The van der Waals surface area contributed by atoms with Crippen molar-refractivity contribution in [1.29, 1.82) is 0 Å². The summed E-state index contributed by atoms with van der Waals surface area (Å²) in [6.07, 6.45) is 1.51. The topological polar surface area (TPSA) is 45.1 Å². The van der Waals surface area contributed by atoms with Crippen LogP contribution in [-0.4, -0.2) is 41.9 Å². The van der Waals surface area contributed by atoms with E-state index in [1.165, 1.54) is 4.90 Å². The summed E-state index contributed by atoms with van der Waals surface area (Å²) in [5.41, 5.74) is 1.75. The maximum Gasteiger partial charge on any atom is 0.326 e. The molecule has 1 unspecified atom stereocenters. The summed E-state index contributed by atoms with van der Waals surface area (Å²) in [5, 5.41) is 0.638. The number of hydrogen-bond acceptors (Lipinski definition) is 3. The van der Waals surface area contributed by atoms with Gasteiger partial charge in [0.2, 0.25) is 0 Å². The van der Waals surface area contributed by atoms with Gasteiger partial charge < -0.3 is 9.64 Å². The number of rotatable bonds is 4. The molecule has 2 aromatic rings. The van der Waals surface area contributed by atoms with Crippen molar-refractivity contribution in [2.45, 2.75) is 25.7 Å². The molecule has 146 valence electrons. The average molecular weight is 398 g/mol. The summed E-state index contributed by atoms with van der Waals surface area (Å²) in [4.78, 5) is 20.4. The van der Waals surface area contributed by atoms with E-state index in [9.17, 15) is 4.79 Å². The van der Waals surface area contributed by atoms with Crippen LogP contribution in [0, 0.1) is 0 Å². The summed E-state index contributed by atoms with van der Waals surface area (Å²) in [7, 11) is 1.70. The molecule has 0 radical (unpaired) electrons. The standard InChI is InChI=1S/C22H24ClN3O2/c1-22(2)26(15-20(28-22)17-8-6-5-7-9-17)21(27)25(4)14-19(24-3)16-10-12-18(23)13-11-16/h5-14,20H,3,15H2,1-2,4H3. The highest BCUT2D eigenvalue weighted by Gasteiger charge is 2.43. The molecule has 6 heteroatoms. The van der Waals surface area contributed by atoms with Crippen molar-refractivity contribution in [2.75, 3.05) is 13.6 Å². The van der Waals surface area contributed by atoms with E-state index in [1.54, 1.807) is 30.3 Å². The third-order valence-electron chi connectivity index (χ3n) is 4.76. The lowest BCUT2D eigenvalue weighted by atomic mass is 10.1. The number of halogens is 1. The van der Waals surface area contributed by atoms with Gasteiger partial charge in [-0.15, -0.1) is 0 Å². The summed E-state index contributed by atoms with van der Waals surface area (Å²) in [6, 6.07) is 17.0. The zero-order valence-corrected chi connectivity index (χ0v) is 17.1. The highest BCUT2D eigenvalue weighted by molar-refractivity contribution is 6.30. The van der Waals surface area contributed by atoms with Gasteiger partial charge in [0.05, 0.1) is 12.2 Å². The van der Waals surface area contributed by atoms with Crippen LogP contribution in [0.25, 0.3) is 5.70 Å². The molecule has 0 saturated carbocycles. The molecular formula is C22H24ClN3O2. The SMILES string of the molecule is C=NC(=CN(C)C(=O)N1CC(c2ccccc2)OC1(C)C)c1ccc(Cl)cc1. The lowest BCUT2D eigenvalue weighted by molar-refractivity contribution is -0.0636. The summed E-state index contributed by atoms with van der Waals surface area (Å²) in [5.74, 6) is 0. The Balaban J connectivity index is 1.79. The fourth-order valence-electron chi connectivity index (χ4n) is 3.24. The number of hydrogen-bond donors (Lipinski definition) is 0. The van der Waals surface area contributed by atoms with Gasteiger partial charge in [-0.2, -0.15) is 0 Å². The maximum absolute atomic E-state index is 13.1. The number of nitrogens with zero attached hydrogens (tertiary/aromatic N) is 3. The Bertz CT molecular complexity index is 878. The quantitative estimate of drug-likeness (QED) is 0.665. The molecule has 0 N–H and O–H groups in total. The number of benzene rings is 2. The Kier molecular flexibility index (Phi) is 5.87. The molecule has 2 aromatic carbocycles. The zero-order valence-electron chi connectivity index (χ0n) is 16.3. The van der Waals surface area contributed by atoms with Crippen LogP contribution in [-0.2, 0) is 4.74 Å². The van der Waals surface area contributed by atoms with Crippen molar-refractivity contribution in [3.05, 3.63) is 76.9 Å². The Labute approximate surface area is 170 Å². The maximum atomic E-state index is 13.1. The average Bonchev–Trinajstić information content (AvgIpc) is 3.02. The Morgan fingerprint density at radius 2 is 1.89 bits per heavy atom. The minimum absolute atomic E-state index is 0.161.